The highest BCUT2D eigenvalue weighted by molar-refractivity contribution is 9.10. The third-order valence-electron chi connectivity index (χ3n) is 1.61. The van der Waals surface area contributed by atoms with Crippen molar-refractivity contribution in [3.05, 3.63) is 22.2 Å². The van der Waals surface area contributed by atoms with Crippen LogP contribution in [0.1, 0.15) is 12.5 Å². The molecule has 0 fully saturated rings. The van der Waals surface area contributed by atoms with Crippen molar-refractivity contribution in [2.24, 2.45) is 0 Å². The number of rotatable bonds is 2. The van der Waals surface area contributed by atoms with Crippen LogP contribution in [0.4, 0.5) is 5.69 Å². The molecule has 3 heteroatoms. The molecule has 1 nitrogen and oxygen atoms in total. The van der Waals surface area contributed by atoms with Crippen LogP contribution in [0.5, 0.6) is 0 Å². The Morgan fingerprint density at radius 3 is 2.75 bits per heavy atom. The molecule has 12 heavy (non-hydrogen) atoms. The zero-order valence-corrected chi connectivity index (χ0v) is 9.63. The maximum atomic E-state index is 5.90. The summed E-state index contributed by atoms with van der Waals surface area (Å²) in [4.78, 5) is 1.17. The maximum Gasteiger partial charge on any atom is 0.0482 e. The van der Waals surface area contributed by atoms with E-state index < -0.39 is 0 Å². The van der Waals surface area contributed by atoms with Crippen molar-refractivity contribution < 1.29 is 0 Å². The van der Waals surface area contributed by atoms with Gasteiger partial charge >= 0.3 is 0 Å². The highest BCUT2D eigenvalue weighted by Crippen LogP contribution is 2.30. The van der Waals surface area contributed by atoms with E-state index in [1.807, 2.05) is 13.0 Å². The van der Waals surface area contributed by atoms with Gasteiger partial charge in [-0.05, 0) is 30.4 Å². The topological polar surface area (TPSA) is 26.0 Å². The minimum atomic E-state index is 0.907. The number of thioether (sulfide) groups is 1. The number of anilines is 1. The molecule has 0 saturated carbocycles. The Morgan fingerprint density at radius 2 is 2.17 bits per heavy atom. The van der Waals surface area contributed by atoms with Crippen molar-refractivity contribution >= 4 is 33.4 Å². The van der Waals surface area contributed by atoms with Crippen LogP contribution in [0.2, 0.25) is 0 Å². The van der Waals surface area contributed by atoms with Crippen molar-refractivity contribution in [3.8, 4) is 0 Å². The first-order valence-electron chi connectivity index (χ1n) is 3.83. The van der Waals surface area contributed by atoms with E-state index in [2.05, 4.69) is 28.9 Å². The maximum absolute atomic E-state index is 5.90. The van der Waals surface area contributed by atoms with Crippen LogP contribution in [0, 0.1) is 6.92 Å². The molecular weight excluding hydrogens is 234 g/mol. The number of nitrogen functional groups attached to an aromatic ring is 1. The van der Waals surface area contributed by atoms with Crippen LogP contribution in [0.15, 0.2) is 21.5 Å². The van der Waals surface area contributed by atoms with E-state index in [4.69, 9.17) is 5.73 Å². The van der Waals surface area contributed by atoms with Crippen LogP contribution in [-0.4, -0.2) is 5.75 Å². The first kappa shape index (κ1) is 9.93. The van der Waals surface area contributed by atoms with Crippen molar-refractivity contribution in [2.45, 2.75) is 18.7 Å². The first-order valence-corrected chi connectivity index (χ1v) is 5.61. The number of hydrogen-bond acceptors (Lipinski definition) is 2. The largest absolute Gasteiger partial charge is 0.398 e. The summed E-state index contributed by atoms with van der Waals surface area (Å²) in [6.07, 6.45) is 0. The Balaban J connectivity index is 3.09. The van der Waals surface area contributed by atoms with E-state index in [1.54, 1.807) is 11.8 Å². The molecule has 0 aromatic heterocycles. The van der Waals surface area contributed by atoms with Crippen molar-refractivity contribution in [1.82, 2.24) is 0 Å². The smallest absolute Gasteiger partial charge is 0.0482 e. The van der Waals surface area contributed by atoms with Gasteiger partial charge < -0.3 is 5.73 Å². The number of hydrogen-bond donors (Lipinski definition) is 1. The van der Waals surface area contributed by atoms with E-state index in [-0.39, 0.29) is 0 Å². The van der Waals surface area contributed by atoms with Crippen LogP contribution in [-0.2, 0) is 0 Å². The van der Waals surface area contributed by atoms with Gasteiger partial charge in [0.2, 0.25) is 0 Å². The van der Waals surface area contributed by atoms with Gasteiger partial charge in [-0.15, -0.1) is 11.8 Å². The van der Waals surface area contributed by atoms with E-state index in [9.17, 15) is 0 Å². The summed E-state index contributed by atoms with van der Waals surface area (Å²) in [6, 6.07) is 4.10. The lowest BCUT2D eigenvalue weighted by atomic mass is 10.2. The third-order valence-corrected chi connectivity index (χ3v) is 3.01. The summed E-state index contributed by atoms with van der Waals surface area (Å²) in [7, 11) is 0. The second kappa shape index (κ2) is 4.19. The van der Waals surface area contributed by atoms with Gasteiger partial charge in [0, 0.05) is 15.1 Å². The summed E-state index contributed by atoms with van der Waals surface area (Å²) in [5.41, 5.74) is 7.94. The molecule has 0 radical (unpaired) electrons. The van der Waals surface area contributed by atoms with Crippen molar-refractivity contribution in [2.75, 3.05) is 11.5 Å². The fourth-order valence-electron chi connectivity index (χ4n) is 0.998. The monoisotopic (exact) mass is 245 g/mol. The minimum Gasteiger partial charge on any atom is -0.398 e. The van der Waals surface area contributed by atoms with E-state index in [1.165, 1.54) is 4.90 Å². The molecule has 0 aliphatic rings. The highest BCUT2D eigenvalue weighted by atomic mass is 79.9. The molecule has 0 bridgehead atoms. The number of aryl methyl sites for hydroxylation is 1. The predicted octanol–water partition coefficient (Wildman–Crippen LogP) is 3.45. The Labute approximate surface area is 85.9 Å². The summed E-state index contributed by atoms with van der Waals surface area (Å²) in [5, 5.41) is 0. The van der Waals surface area contributed by atoms with Gasteiger partial charge in [-0.3, -0.25) is 0 Å². The Morgan fingerprint density at radius 1 is 1.50 bits per heavy atom. The van der Waals surface area contributed by atoms with Crippen molar-refractivity contribution in [1.29, 1.82) is 0 Å². The molecule has 0 unspecified atom stereocenters. The van der Waals surface area contributed by atoms with Crippen LogP contribution in [0.3, 0.4) is 0 Å². The fourth-order valence-corrected chi connectivity index (χ4v) is 2.56. The molecule has 0 amide bonds. The molecule has 66 valence electrons. The lowest BCUT2D eigenvalue weighted by Gasteiger charge is -2.07. The SMILES string of the molecule is CCSc1cc(Br)cc(C)c1N. The zero-order valence-electron chi connectivity index (χ0n) is 7.23. The quantitative estimate of drug-likeness (QED) is 0.638. The molecule has 0 heterocycles. The van der Waals surface area contributed by atoms with Gasteiger partial charge in [-0.25, -0.2) is 0 Å². The molecule has 0 aliphatic carbocycles. The van der Waals surface area contributed by atoms with Crippen LogP contribution in [0.25, 0.3) is 0 Å². The van der Waals surface area contributed by atoms with Gasteiger partial charge in [-0.1, -0.05) is 22.9 Å². The predicted molar refractivity (Wildman–Crippen MR) is 59.7 cm³/mol. The fraction of sp³-hybridized carbons (Fsp3) is 0.333. The molecule has 0 saturated heterocycles. The molecule has 0 atom stereocenters. The Bertz CT molecular complexity index is 286. The highest BCUT2D eigenvalue weighted by Gasteiger charge is 2.03. The van der Waals surface area contributed by atoms with Gasteiger partial charge in [0.1, 0.15) is 0 Å². The second-order valence-corrected chi connectivity index (χ2v) is 4.79. The zero-order chi connectivity index (χ0) is 9.14. The third kappa shape index (κ3) is 2.17. The van der Waals surface area contributed by atoms with Crippen LogP contribution < -0.4 is 5.73 Å². The van der Waals surface area contributed by atoms with Gasteiger partial charge in [0.05, 0.1) is 0 Å². The Kier molecular flexibility index (Phi) is 3.47. The summed E-state index contributed by atoms with van der Waals surface area (Å²) >= 11 is 5.22. The number of nitrogens with two attached hydrogens (primary N) is 1. The standard InChI is InChI=1S/C9H12BrNS/c1-3-12-8-5-7(10)4-6(2)9(8)11/h4-5H,3,11H2,1-2H3. The Hall–Kier alpha value is -0.150. The lowest BCUT2D eigenvalue weighted by molar-refractivity contribution is 1.34. The number of halogens is 1. The lowest BCUT2D eigenvalue weighted by Crippen LogP contribution is -1.92. The van der Waals surface area contributed by atoms with Crippen LogP contribution >= 0.6 is 27.7 Å². The van der Waals surface area contributed by atoms with E-state index in [0.29, 0.717) is 0 Å². The summed E-state index contributed by atoms with van der Waals surface area (Å²) < 4.78 is 1.10. The average Bonchev–Trinajstić information content (AvgIpc) is 2.00. The van der Waals surface area contributed by atoms with Gasteiger partial charge in [0.25, 0.3) is 0 Å². The molecule has 0 aliphatic heterocycles. The van der Waals surface area contributed by atoms with E-state index >= 15 is 0 Å². The molecule has 0 spiro atoms. The molecule has 1 rings (SSSR count). The van der Waals surface area contributed by atoms with Crippen molar-refractivity contribution in [3.63, 3.8) is 0 Å². The summed E-state index contributed by atoms with van der Waals surface area (Å²) in [6.45, 7) is 4.15. The molecule has 2 N–H and O–H groups in total. The van der Waals surface area contributed by atoms with Gasteiger partial charge in [-0.2, -0.15) is 0 Å². The molecular formula is C9H12BrNS. The first-order chi connectivity index (χ1) is 5.65. The second-order valence-electron chi connectivity index (χ2n) is 2.57. The normalized spacial score (nSPS) is 10.2. The molecule has 1 aromatic carbocycles. The summed E-state index contributed by atoms with van der Waals surface area (Å²) in [5.74, 6) is 1.06. The average molecular weight is 246 g/mol. The van der Waals surface area contributed by atoms with Gasteiger partial charge in [0.15, 0.2) is 0 Å². The van der Waals surface area contributed by atoms with E-state index in [0.717, 1.165) is 21.5 Å². The number of benzene rings is 1. The minimum absolute atomic E-state index is 0.907. The molecule has 1 aromatic rings.